The molecule has 4 nitrogen and oxygen atoms in total. The lowest BCUT2D eigenvalue weighted by atomic mass is 10.4. The van der Waals surface area contributed by atoms with Crippen LogP contribution in [0, 0.1) is 23.7 Å². The van der Waals surface area contributed by atoms with E-state index in [-0.39, 0.29) is 0 Å². The molecule has 0 aromatic carbocycles. The number of nitrogens with one attached hydrogen (secondary N) is 1. The molecule has 0 bridgehead atoms. The maximum absolute atomic E-state index is 8.48. The predicted molar refractivity (Wildman–Crippen MR) is 44.1 cm³/mol. The average molecular weight is 158 g/mol. The van der Waals surface area contributed by atoms with Crippen molar-refractivity contribution in [3.8, 4) is 18.4 Å². The van der Waals surface area contributed by atoms with Gasteiger partial charge in [0.2, 0.25) is 5.95 Å². The van der Waals surface area contributed by atoms with Crippen molar-refractivity contribution in [2.45, 2.75) is 0 Å². The summed E-state index contributed by atoms with van der Waals surface area (Å²) in [5.41, 5.74) is 0.324. The molecule has 58 valence electrons. The van der Waals surface area contributed by atoms with Gasteiger partial charge in [0.25, 0.3) is 0 Å². The number of nitrogens with zero attached hydrogens (tertiary/aromatic N) is 3. The van der Waals surface area contributed by atoms with Crippen LogP contribution in [0.1, 0.15) is 5.69 Å². The largest absolute Gasteiger partial charge is 0.343 e. The zero-order chi connectivity index (χ0) is 8.81. The molecule has 0 saturated heterocycles. The maximum atomic E-state index is 8.48. The van der Waals surface area contributed by atoms with Gasteiger partial charge in [-0.05, 0) is 6.07 Å². The fourth-order valence-electron chi connectivity index (χ4n) is 0.636. The summed E-state index contributed by atoms with van der Waals surface area (Å²) in [5.74, 6) is 2.76. The molecule has 0 radical (unpaired) electrons. The van der Waals surface area contributed by atoms with E-state index >= 15 is 0 Å². The highest BCUT2D eigenvalue weighted by Crippen LogP contribution is 1.97. The van der Waals surface area contributed by atoms with Crippen LogP contribution in [0.4, 0.5) is 5.95 Å². The first kappa shape index (κ1) is 8.03. The van der Waals surface area contributed by atoms with Gasteiger partial charge in [0.15, 0.2) is 0 Å². The van der Waals surface area contributed by atoms with E-state index in [0.29, 0.717) is 18.2 Å². The minimum Gasteiger partial charge on any atom is -0.343 e. The monoisotopic (exact) mass is 158 g/mol. The van der Waals surface area contributed by atoms with Crippen molar-refractivity contribution in [1.82, 2.24) is 9.97 Å². The molecule has 1 rings (SSSR count). The standard InChI is InChI=1S/C8H6N4/c1-2-4-10-8-11-5-3-7(6-9)12-8/h1,3,5H,4H2,(H,10,11,12). The third-order valence-corrected chi connectivity index (χ3v) is 1.12. The molecule has 0 aliphatic heterocycles. The summed E-state index contributed by atoms with van der Waals surface area (Å²) < 4.78 is 0. The summed E-state index contributed by atoms with van der Waals surface area (Å²) in [6, 6.07) is 3.43. The van der Waals surface area contributed by atoms with Crippen LogP contribution in [0.5, 0.6) is 0 Å². The Bertz CT molecular complexity index is 345. The van der Waals surface area contributed by atoms with E-state index in [9.17, 15) is 0 Å². The van der Waals surface area contributed by atoms with Crippen molar-refractivity contribution < 1.29 is 0 Å². The first-order valence-electron chi connectivity index (χ1n) is 3.27. The number of aromatic nitrogens is 2. The van der Waals surface area contributed by atoms with Crippen LogP contribution < -0.4 is 5.32 Å². The molecule has 12 heavy (non-hydrogen) atoms. The average Bonchev–Trinajstić information content (AvgIpc) is 2.15. The van der Waals surface area contributed by atoms with Crippen LogP contribution in [0.3, 0.4) is 0 Å². The smallest absolute Gasteiger partial charge is 0.224 e. The normalized spacial score (nSPS) is 8.17. The first-order valence-corrected chi connectivity index (χ1v) is 3.27. The van der Waals surface area contributed by atoms with E-state index < -0.39 is 0 Å². The van der Waals surface area contributed by atoms with Gasteiger partial charge in [-0.1, -0.05) is 5.92 Å². The molecule has 0 fully saturated rings. The second-order valence-electron chi connectivity index (χ2n) is 1.93. The highest BCUT2D eigenvalue weighted by atomic mass is 15.1. The quantitative estimate of drug-likeness (QED) is 0.632. The van der Waals surface area contributed by atoms with Gasteiger partial charge in [0, 0.05) is 6.20 Å². The Kier molecular flexibility index (Phi) is 2.64. The molecule has 0 aliphatic rings. The minimum absolute atomic E-state index is 0.324. The number of rotatable bonds is 2. The van der Waals surface area contributed by atoms with E-state index in [1.165, 1.54) is 12.3 Å². The Balaban J connectivity index is 2.76. The van der Waals surface area contributed by atoms with Crippen LogP contribution in [-0.2, 0) is 0 Å². The zero-order valence-corrected chi connectivity index (χ0v) is 6.28. The molecule has 1 aromatic heterocycles. The van der Waals surface area contributed by atoms with E-state index in [4.69, 9.17) is 11.7 Å². The molecule has 0 saturated carbocycles. The van der Waals surface area contributed by atoms with Crippen LogP contribution in [0.15, 0.2) is 12.3 Å². The van der Waals surface area contributed by atoms with Crippen LogP contribution >= 0.6 is 0 Å². The lowest BCUT2D eigenvalue weighted by Gasteiger charge is -1.98. The van der Waals surface area contributed by atoms with Crippen molar-refractivity contribution >= 4 is 5.95 Å². The van der Waals surface area contributed by atoms with Gasteiger partial charge in [-0.3, -0.25) is 0 Å². The van der Waals surface area contributed by atoms with E-state index in [1.54, 1.807) is 0 Å². The number of hydrogen-bond donors (Lipinski definition) is 1. The molecular weight excluding hydrogens is 152 g/mol. The van der Waals surface area contributed by atoms with Gasteiger partial charge in [0.1, 0.15) is 11.8 Å². The van der Waals surface area contributed by atoms with Crippen molar-refractivity contribution in [3.63, 3.8) is 0 Å². The van der Waals surface area contributed by atoms with Crippen molar-refractivity contribution in [2.75, 3.05) is 11.9 Å². The summed E-state index contributed by atoms with van der Waals surface area (Å²) in [6.07, 6.45) is 6.52. The van der Waals surface area contributed by atoms with Gasteiger partial charge in [-0.25, -0.2) is 9.97 Å². The number of terminal acetylenes is 1. The minimum atomic E-state index is 0.324. The number of hydrogen-bond acceptors (Lipinski definition) is 4. The van der Waals surface area contributed by atoms with Crippen molar-refractivity contribution in [2.24, 2.45) is 0 Å². The molecule has 0 atom stereocenters. The summed E-state index contributed by atoms with van der Waals surface area (Å²) in [7, 11) is 0. The third kappa shape index (κ3) is 1.96. The second kappa shape index (κ2) is 3.95. The molecule has 0 unspecified atom stereocenters. The Labute approximate surface area is 70.3 Å². The summed E-state index contributed by atoms with van der Waals surface area (Å²) in [4.78, 5) is 7.71. The van der Waals surface area contributed by atoms with Gasteiger partial charge >= 0.3 is 0 Å². The Morgan fingerprint density at radius 2 is 2.50 bits per heavy atom. The summed E-state index contributed by atoms with van der Waals surface area (Å²) in [6.45, 7) is 0.356. The molecule has 1 heterocycles. The first-order chi connectivity index (χ1) is 5.86. The zero-order valence-electron chi connectivity index (χ0n) is 6.28. The van der Waals surface area contributed by atoms with Crippen LogP contribution in [0.25, 0.3) is 0 Å². The lowest BCUT2D eigenvalue weighted by Crippen LogP contribution is -2.03. The Morgan fingerprint density at radius 3 is 3.17 bits per heavy atom. The van der Waals surface area contributed by atoms with E-state index in [0.717, 1.165) is 0 Å². The number of nitriles is 1. The summed E-state index contributed by atoms with van der Waals surface area (Å²) in [5, 5.41) is 11.2. The van der Waals surface area contributed by atoms with Crippen molar-refractivity contribution in [1.29, 1.82) is 5.26 Å². The fourth-order valence-corrected chi connectivity index (χ4v) is 0.636. The van der Waals surface area contributed by atoms with E-state index in [1.807, 2.05) is 6.07 Å². The molecule has 4 heteroatoms. The summed E-state index contributed by atoms with van der Waals surface area (Å²) >= 11 is 0. The van der Waals surface area contributed by atoms with Crippen LogP contribution in [0.2, 0.25) is 0 Å². The topological polar surface area (TPSA) is 61.6 Å². The van der Waals surface area contributed by atoms with Gasteiger partial charge in [0.05, 0.1) is 6.54 Å². The van der Waals surface area contributed by atoms with E-state index in [2.05, 4.69) is 21.2 Å². The molecule has 0 spiro atoms. The maximum Gasteiger partial charge on any atom is 0.224 e. The molecule has 0 amide bonds. The lowest BCUT2D eigenvalue weighted by molar-refractivity contribution is 1.11. The highest BCUT2D eigenvalue weighted by Gasteiger charge is 1.94. The Morgan fingerprint density at radius 1 is 1.67 bits per heavy atom. The molecule has 1 aromatic rings. The van der Waals surface area contributed by atoms with Gasteiger partial charge < -0.3 is 5.32 Å². The predicted octanol–water partition coefficient (Wildman–Crippen LogP) is 0.393. The highest BCUT2D eigenvalue weighted by molar-refractivity contribution is 5.31. The van der Waals surface area contributed by atoms with Gasteiger partial charge in [-0.15, -0.1) is 6.42 Å². The third-order valence-electron chi connectivity index (χ3n) is 1.12. The van der Waals surface area contributed by atoms with Crippen LogP contribution in [-0.4, -0.2) is 16.5 Å². The molecule has 1 N–H and O–H groups in total. The molecular formula is C8H6N4. The Hall–Kier alpha value is -2.07. The fraction of sp³-hybridized carbons (Fsp3) is 0.125. The van der Waals surface area contributed by atoms with Crippen molar-refractivity contribution in [3.05, 3.63) is 18.0 Å². The second-order valence-corrected chi connectivity index (χ2v) is 1.93. The molecule has 0 aliphatic carbocycles. The SMILES string of the molecule is C#CCNc1nccc(C#N)n1. The van der Waals surface area contributed by atoms with Gasteiger partial charge in [-0.2, -0.15) is 5.26 Å². The number of anilines is 1.